The lowest BCUT2D eigenvalue weighted by Gasteiger charge is -2.05. The lowest BCUT2D eigenvalue weighted by Crippen LogP contribution is -1.87. The van der Waals surface area contributed by atoms with Gasteiger partial charge in [-0.05, 0) is 11.8 Å². The van der Waals surface area contributed by atoms with Crippen molar-refractivity contribution in [3.8, 4) is 12.3 Å². The van der Waals surface area contributed by atoms with Crippen molar-refractivity contribution in [2.75, 3.05) is 6.26 Å². The Kier molecular flexibility index (Phi) is 3.07. The SMILES string of the molecule is C#CC(SC)c1ccccc1. The van der Waals surface area contributed by atoms with Gasteiger partial charge in [0.1, 0.15) is 0 Å². The molecule has 0 bridgehead atoms. The largest absolute Gasteiger partial charge is 0.144 e. The van der Waals surface area contributed by atoms with Gasteiger partial charge in [0, 0.05) is 0 Å². The molecule has 0 fully saturated rings. The third-order valence-corrected chi connectivity index (χ3v) is 2.37. The molecular formula is C10H10S. The van der Waals surface area contributed by atoms with Crippen LogP contribution >= 0.6 is 11.8 Å². The average molecular weight is 162 g/mol. The molecule has 0 radical (unpaired) electrons. The van der Waals surface area contributed by atoms with Gasteiger partial charge in [-0.15, -0.1) is 18.2 Å². The van der Waals surface area contributed by atoms with Crippen LogP contribution in [0.3, 0.4) is 0 Å². The molecule has 1 atom stereocenters. The van der Waals surface area contributed by atoms with E-state index in [1.807, 2.05) is 24.5 Å². The lowest BCUT2D eigenvalue weighted by molar-refractivity contribution is 1.28. The van der Waals surface area contributed by atoms with Crippen molar-refractivity contribution in [1.82, 2.24) is 0 Å². The highest BCUT2D eigenvalue weighted by Gasteiger charge is 2.03. The molecule has 1 aromatic rings. The Bertz CT molecular complexity index is 245. The summed E-state index contributed by atoms with van der Waals surface area (Å²) < 4.78 is 0. The van der Waals surface area contributed by atoms with E-state index in [-0.39, 0.29) is 5.25 Å². The minimum atomic E-state index is 0.205. The van der Waals surface area contributed by atoms with Crippen LogP contribution < -0.4 is 0 Å². The van der Waals surface area contributed by atoms with E-state index in [4.69, 9.17) is 6.42 Å². The first-order chi connectivity index (χ1) is 5.38. The highest BCUT2D eigenvalue weighted by atomic mass is 32.2. The van der Waals surface area contributed by atoms with Gasteiger partial charge in [0.25, 0.3) is 0 Å². The number of hydrogen-bond donors (Lipinski definition) is 0. The van der Waals surface area contributed by atoms with Crippen LogP contribution in [0.1, 0.15) is 10.8 Å². The van der Waals surface area contributed by atoms with Crippen LogP contribution in [0, 0.1) is 12.3 Å². The summed E-state index contributed by atoms with van der Waals surface area (Å²) in [6.45, 7) is 0. The normalized spacial score (nSPS) is 12.0. The molecule has 0 aromatic heterocycles. The van der Waals surface area contributed by atoms with Gasteiger partial charge >= 0.3 is 0 Å². The van der Waals surface area contributed by atoms with Gasteiger partial charge in [0.15, 0.2) is 0 Å². The van der Waals surface area contributed by atoms with Crippen molar-refractivity contribution in [3.05, 3.63) is 35.9 Å². The van der Waals surface area contributed by atoms with Crippen LogP contribution in [0.15, 0.2) is 30.3 Å². The molecule has 0 saturated carbocycles. The number of rotatable bonds is 2. The summed E-state index contributed by atoms with van der Waals surface area (Å²) in [7, 11) is 0. The molecule has 0 amide bonds. The Balaban J connectivity index is 2.85. The van der Waals surface area contributed by atoms with Crippen molar-refractivity contribution in [2.24, 2.45) is 0 Å². The maximum atomic E-state index is 5.34. The van der Waals surface area contributed by atoms with Crippen LogP contribution in [0.5, 0.6) is 0 Å². The Morgan fingerprint density at radius 3 is 2.45 bits per heavy atom. The molecule has 11 heavy (non-hydrogen) atoms. The van der Waals surface area contributed by atoms with E-state index < -0.39 is 0 Å². The zero-order chi connectivity index (χ0) is 8.10. The molecule has 0 nitrogen and oxygen atoms in total. The molecule has 0 aliphatic rings. The maximum absolute atomic E-state index is 5.34. The van der Waals surface area contributed by atoms with Gasteiger partial charge in [-0.25, -0.2) is 0 Å². The first-order valence-electron chi connectivity index (χ1n) is 3.42. The van der Waals surface area contributed by atoms with Crippen molar-refractivity contribution < 1.29 is 0 Å². The summed E-state index contributed by atoms with van der Waals surface area (Å²) >= 11 is 1.69. The second kappa shape index (κ2) is 4.10. The summed E-state index contributed by atoms with van der Waals surface area (Å²) in [6, 6.07) is 10.1. The first kappa shape index (κ1) is 8.23. The fourth-order valence-electron chi connectivity index (χ4n) is 0.928. The third kappa shape index (κ3) is 2.03. The lowest BCUT2D eigenvalue weighted by atomic mass is 10.2. The van der Waals surface area contributed by atoms with E-state index in [2.05, 4.69) is 18.1 Å². The van der Waals surface area contributed by atoms with Crippen molar-refractivity contribution >= 4 is 11.8 Å². The first-order valence-corrected chi connectivity index (χ1v) is 4.71. The topological polar surface area (TPSA) is 0 Å². The van der Waals surface area contributed by atoms with Crippen LogP contribution in [-0.4, -0.2) is 6.26 Å². The smallest absolute Gasteiger partial charge is 0.0900 e. The summed E-state index contributed by atoms with van der Waals surface area (Å²) in [4.78, 5) is 0. The van der Waals surface area contributed by atoms with Crippen LogP contribution in [-0.2, 0) is 0 Å². The highest BCUT2D eigenvalue weighted by molar-refractivity contribution is 7.99. The summed E-state index contributed by atoms with van der Waals surface area (Å²) in [5.41, 5.74) is 1.21. The monoisotopic (exact) mass is 162 g/mol. The van der Waals surface area contributed by atoms with E-state index in [9.17, 15) is 0 Å². The second-order valence-corrected chi connectivity index (χ2v) is 3.14. The van der Waals surface area contributed by atoms with E-state index >= 15 is 0 Å². The Morgan fingerprint density at radius 2 is 2.00 bits per heavy atom. The van der Waals surface area contributed by atoms with E-state index in [1.54, 1.807) is 11.8 Å². The molecule has 1 heteroatoms. The number of hydrogen-bond acceptors (Lipinski definition) is 1. The molecule has 1 aromatic carbocycles. The zero-order valence-corrected chi connectivity index (χ0v) is 7.27. The summed E-state index contributed by atoms with van der Waals surface area (Å²) in [6.07, 6.45) is 7.37. The molecule has 0 aliphatic heterocycles. The third-order valence-electron chi connectivity index (χ3n) is 1.49. The van der Waals surface area contributed by atoms with Gasteiger partial charge < -0.3 is 0 Å². The van der Waals surface area contributed by atoms with Crippen molar-refractivity contribution in [1.29, 1.82) is 0 Å². The van der Waals surface area contributed by atoms with Gasteiger partial charge in [-0.1, -0.05) is 36.3 Å². The highest BCUT2D eigenvalue weighted by Crippen LogP contribution is 2.24. The minimum absolute atomic E-state index is 0.205. The minimum Gasteiger partial charge on any atom is -0.144 e. The van der Waals surface area contributed by atoms with Gasteiger partial charge in [-0.2, -0.15) is 0 Å². The standard InChI is InChI=1S/C10H10S/c1-3-10(11-2)9-7-5-4-6-8-9/h1,4-8,10H,2H3. The van der Waals surface area contributed by atoms with Crippen molar-refractivity contribution in [3.63, 3.8) is 0 Å². The van der Waals surface area contributed by atoms with Crippen LogP contribution in [0.2, 0.25) is 0 Å². The predicted molar refractivity (Wildman–Crippen MR) is 51.5 cm³/mol. The molecule has 1 unspecified atom stereocenters. The molecule has 56 valence electrons. The zero-order valence-electron chi connectivity index (χ0n) is 6.45. The Hall–Kier alpha value is -0.870. The number of thioether (sulfide) groups is 1. The molecule has 0 N–H and O–H groups in total. The van der Waals surface area contributed by atoms with E-state index in [1.165, 1.54) is 5.56 Å². The predicted octanol–water partition coefficient (Wildman–Crippen LogP) is 2.72. The molecule has 0 aliphatic carbocycles. The molecule has 0 heterocycles. The quantitative estimate of drug-likeness (QED) is 0.602. The summed E-state index contributed by atoms with van der Waals surface area (Å²) in [5, 5.41) is 0.205. The van der Waals surface area contributed by atoms with Gasteiger partial charge in [0.05, 0.1) is 5.25 Å². The van der Waals surface area contributed by atoms with Gasteiger partial charge in [-0.3, -0.25) is 0 Å². The van der Waals surface area contributed by atoms with Gasteiger partial charge in [0.2, 0.25) is 0 Å². The Labute approximate surface area is 72.0 Å². The number of benzene rings is 1. The van der Waals surface area contributed by atoms with E-state index in [0.29, 0.717) is 0 Å². The maximum Gasteiger partial charge on any atom is 0.0900 e. The second-order valence-electron chi connectivity index (χ2n) is 2.19. The number of terminal acetylenes is 1. The fourth-order valence-corrected chi connectivity index (χ4v) is 1.49. The molecular weight excluding hydrogens is 152 g/mol. The molecule has 0 spiro atoms. The van der Waals surface area contributed by atoms with Crippen LogP contribution in [0.25, 0.3) is 0 Å². The molecule has 0 saturated heterocycles. The molecule has 1 rings (SSSR count). The van der Waals surface area contributed by atoms with E-state index in [0.717, 1.165) is 0 Å². The summed E-state index contributed by atoms with van der Waals surface area (Å²) in [5.74, 6) is 2.73. The van der Waals surface area contributed by atoms with Crippen molar-refractivity contribution in [2.45, 2.75) is 5.25 Å². The fraction of sp³-hybridized carbons (Fsp3) is 0.200. The average Bonchev–Trinajstić information content (AvgIpc) is 2.09. The Morgan fingerprint density at radius 1 is 1.36 bits per heavy atom. The van der Waals surface area contributed by atoms with Crippen LogP contribution in [0.4, 0.5) is 0 Å².